The van der Waals surface area contributed by atoms with Crippen molar-refractivity contribution in [1.82, 2.24) is 4.90 Å². The molecule has 0 fully saturated rings. The van der Waals surface area contributed by atoms with Gasteiger partial charge in [-0.15, -0.1) is 0 Å². The molecule has 2 aromatic carbocycles. The Balaban J connectivity index is 2.08. The fraction of sp³-hybridized carbons (Fsp3) is 0.350. The number of benzene rings is 2. The topological polar surface area (TPSA) is 50.8 Å². The Morgan fingerprint density at radius 3 is 2.56 bits per heavy atom. The number of likely N-dealkylation sites (N-methyl/N-ethyl adjacent to an activating group) is 1. The summed E-state index contributed by atoms with van der Waals surface area (Å²) in [6.07, 6.45) is 0. The van der Waals surface area contributed by atoms with Gasteiger partial charge in [0.25, 0.3) is 0 Å². The Morgan fingerprint density at radius 1 is 1.19 bits per heavy atom. The van der Waals surface area contributed by atoms with Gasteiger partial charge in [-0.05, 0) is 39.1 Å². The lowest BCUT2D eigenvalue weighted by Crippen LogP contribution is -2.39. The highest BCUT2D eigenvalue weighted by molar-refractivity contribution is 5.95. The number of amides is 1. The van der Waals surface area contributed by atoms with Gasteiger partial charge in [0.2, 0.25) is 5.91 Å². The number of anilines is 1. The molecule has 1 amide bonds. The molecule has 1 atom stereocenters. The van der Waals surface area contributed by atoms with Gasteiger partial charge in [0, 0.05) is 12.1 Å². The lowest BCUT2D eigenvalue weighted by molar-refractivity contribution is -0.120. The average molecular weight is 378 g/mol. The maximum Gasteiger partial charge on any atom is 0.387 e. The first-order valence-electron chi connectivity index (χ1n) is 8.50. The molecule has 0 aliphatic heterocycles. The number of hydrogen-bond donors (Lipinski definition) is 1. The van der Waals surface area contributed by atoms with Crippen molar-refractivity contribution in [2.75, 3.05) is 19.5 Å². The first-order valence-corrected chi connectivity index (χ1v) is 8.50. The first kappa shape index (κ1) is 20.6. The highest BCUT2D eigenvalue weighted by atomic mass is 19.3. The summed E-state index contributed by atoms with van der Waals surface area (Å²) < 4.78 is 34.9. The number of alkyl halides is 2. The molecule has 0 radical (unpaired) electrons. The van der Waals surface area contributed by atoms with E-state index in [9.17, 15) is 13.6 Å². The van der Waals surface area contributed by atoms with E-state index in [1.165, 1.54) is 12.1 Å². The van der Waals surface area contributed by atoms with E-state index < -0.39 is 12.7 Å². The highest BCUT2D eigenvalue weighted by Gasteiger charge is 2.21. The predicted molar refractivity (Wildman–Crippen MR) is 100 cm³/mol. The number of nitrogens with zero attached hydrogens (tertiary/aromatic N) is 1. The van der Waals surface area contributed by atoms with Gasteiger partial charge in [-0.1, -0.05) is 29.8 Å². The molecule has 0 saturated carbocycles. The molecular formula is C20H24F2N2O3. The summed E-state index contributed by atoms with van der Waals surface area (Å²) in [5.74, 6) is 0.348. The number of rotatable bonds is 8. The highest BCUT2D eigenvalue weighted by Crippen LogP contribution is 2.26. The monoisotopic (exact) mass is 378 g/mol. The van der Waals surface area contributed by atoms with Crippen LogP contribution in [0.5, 0.6) is 11.5 Å². The van der Waals surface area contributed by atoms with Gasteiger partial charge in [0.05, 0.1) is 18.8 Å². The van der Waals surface area contributed by atoms with E-state index in [4.69, 9.17) is 4.74 Å². The van der Waals surface area contributed by atoms with Crippen molar-refractivity contribution in [3.05, 3.63) is 53.6 Å². The van der Waals surface area contributed by atoms with Crippen molar-refractivity contribution in [3.63, 3.8) is 0 Å². The van der Waals surface area contributed by atoms with Gasteiger partial charge >= 0.3 is 6.61 Å². The molecule has 2 aromatic rings. The van der Waals surface area contributed by atoms with Crippen LogP contribution in [0.4, 0.5) is 14.5 Å². The molecule has 0 saturated heterocycles. The smallest absolute Gasteiger partial charge is 0.387 e. The second kappa shape index (κ2) is 9.32. The number of methoxy groups -OCH3 is 1. The number of halogens is 2. The fourth-order valence-corrected chi connectivity index (χ4v) is 2.64. The van der Waals surface area contributed by atoms with E-state index in [1.54, 1.807) is 26.2 Å². The van der Waals surface area contributed by atoms with Crippen molar-refractivity contribution in [1.29, 1.82) is 0 Å². The molecule has 0 aliphatic carbocycles. The molecule has 0 aliphatic rings. The number of carbonyl (C=O) groups excluding carboxylic acids is 1. The minimum absolute atomic E-state index is 0.0731. The second-order valence-corrected chi connectivity index (χ2v) is 6.27. The van der Waals surface area contributed by atoms with E-state index in [0.717, 1.165) is 16.9 Å². The Labute approximate surface area is 157 Å². The summed E-state index contributed by atoms with van der Waals surface area (Å²) in [5.41, 5.74) is 2.26. The third kappa shape index (κ3) is 5.65. The number of nitrogens with one attached hydrogen (secondary N) is 1. The summed E-state index contributed by atoms with van der Waals surface area (Å²) in [7, 11) is 3.41. The summed E-state index contributed by atoms with van der Waals surface area (Å²) >= 11 is 0. The lowest BCUT2D eigenvalue weighted by Gasteiger charge is -2.25. The van der Waals surface area contributed by atoms with Crippen molar-refractivity contribution >= 4 is 11.6 Å². The minimum Gasteiger partial charge on any atom is -0.496 e. The Kier molecular flexibility index (Phi) is 7.12. The number of aryl methyl sites for hydroxylation is 1. The zero-order valence-corrected chi connectivity index (χ0v) is 15.8. The van der Waals surface area contributed by atoms with E-state index in [2.05, 4.69) is 10.1 Å². The van der Waals surface area contributed by atoms with E-state index in [0.29, 0.717) is 6.54 Å². The van der Waals surface area contributed by atoms with E-state index >= 15 is 0 Å². The quantitative estimate of drug-likeness (QED) is 0.753. The van der Waals surface area contributed by atoms with Crippen LogP contribution in [0, 0.1) is 6.92 Å². The molecule has 27 heavy (non-hydrogen) atoms. The third-order valence-electron chi connectivity index (χ3n) is 4.26. The van der Waals surface area contributed by atoms with Crippen LogP contribution < -0.4 is 14.8 Å². The number of ether oxygens (including phenoxy) is 2. The summed E-state index contributed by atoms with van der Waals surface area (Å²) in [6.45, 7) is 1.26. The molecule has 5 nitrogen and oxygen atoms in total. The zero-order valence-electron chi connectivity index (χ0n) is 15.8. The SMILES string of the molecule is COc1ccc(C)cc1CN(C)C(C)C(=O)Nc1ccccc1OC(F)F. The fourth-order valence-electron chi connectivity index (χ4n) is 2.64. The Bertz CT molecular complexity index is 784. The van der Waals surface area contributed by atoms with E-state index in [1.807, 2.05) is 37.1 Å². The molecule has 1 unspecified atom stereocenters. The van der Waals surface area contributed by atoms with E-state index in [-0.39, 0.29) is 17.3 Å². The average Bonchev–Trinajstić information content (AvgIpc) is 2.62. The zero-order chi connectivity index (χ0) is 20.0. The summed E-state index contributed by atoms with van der Waals surface area (Å²) in [4.78, 5) is 14.4. The first-order chi connectivity index (χ1) is 12.8. The predicted octanol–water partition coefficient (Wildman–Crippen LogP) is 4.06. The van der Waals surface area contributed by atoms with Crippen LogP contribution in [0.15, 0.2) is 42.5 Å². The lowest BCUT2D eigenvalue weighted by atomic mass is 10.1. The van der Waals surface area contributed by atoms with Crippen LogP contribution in [0.3, 0.4) is 0 Å². The molecule has 0 spiro atoms. The maximum absolute atomic E-state index is 12.6. The van der Waals surface area contributed by atoms with Gasteiger partial charge in [0.1, 0.15) is 11.5 Å². The van der Waals surface area contributed by atoms with Gasteiger partial charge in [0.15, 0.2) is 0 Å². The van der Waals surface area contributed by atoms with Gasteiger partial charge < -0.3 is 14.8 Å². The molecular weight excluding hydrogens is 354 g/mol. The van der Waals surface area contributed by atoms with Gasteiger partial charge in [-0.2, -0.15) is 8.78 Å². The molecule has 2 rings (SSSR count). The molecule has 0 aromatic heterocycles. The van der Waals surface area contributed by atoms with Crippen molar-refractivity contribution < 1.29 is 23.0 Å². The number of carbonyl (C=O) groups is 1. The Morgan fingerprint density at radius 2 is 1.89 bits per heavy atom. The maximum atomic E-state index is 12.6. The standard InChI is InChI=1S/C20H24F2N2O3/c1-13-9-10-17(26-4)15(11-13)12-24(3)14(2)19(25)23-16-7-5-6-8-18(16)27-20(21)22/h5-11,14,20H,12H2,1-4H3,(H,23,25). The second-order valence-electron chi connectivity index (χ2n) is 6.27. The molecule has 1 N–H and O–H groups in total. The summed E-state index contributed by atoms with van der Waals surface area (Å²) in [6, 6.07) is 11.5. The van der Waals surface area contributed by atoms with Gasteiger partial charge in [-0.25, -0.2) is 0 Å². The van der Waals surface area contributed by atoms with Crippen LogP contribution in [0.2, 0.25) is 0 Å². The summed E-state index contributed by atoms with van der Waals surface area (Å²) in [5, 5.41) is 2.65. The molecule has 0 heterocycles. The molecule has 0 bridgehead atoms. The van der Waals surface area contributed by atoms with Crippen molar-refractivity contribution in [2.24, 2.45) is 0 Å². The normalized spacial score (nSPS) is 12.1. The van der Waals surface area contributed by atoms with Crippen molar-refractivity contribution in [3.8, 4) is 11.5 Å². The largest absolute Gasteiger partial charge is 0.496 e. The third-order valence-corrected chi connectivity index (χ3v) is 4.26. The Hall–Kier alpha value is -2.67. The minimum atomic E-state index is -2.96. The van der Waals surface area contributed by atoms with Crippen LogP contribution in [-0.2, 0) is 11.3 Å². The number of para-hydroxylation sites is 2. The number of hydrogen-bond acceptors (Lipinski definition) is 4. The molecule has 7 heteroatoms. The van der Waals surface area contributed by atoms with Crippen LogP contribution in [-0.4, -0.2) is 37.6 Å². The van der Waals surface area contributed by atoms with Crippen molar-refractivity contribution in [2.45, 2.75) is 33.0 Å². The van der Waals surface area contributed by atoms with Crippen LogP contribution in [0.25, 0.3) is 0 Å². The van der Waals surface area contributed by atoms with Gasteiger partial charge in [-0.3, -0.25) is 9.69 Å². The van der Waals surface area contributed by atoms with Crippen LogP contribution in [0.1, 0.15) is 18.1 Å². The van der Waals surface area contributed by atoms with Crippen LogP contribution >= 0.6 is 0 Å². The molecule has 146 valence electrons.